The van der Waals surface area contributed by atoms with Gasteiger partial charge in [0.25, 0.3) is 5.69 Å². The number of nitrogens with zero attached hydrogens (tertiary/aromatic N) is 4. The van der Waals surface area contributed by atoms with Gasteiger partial charge in [0.1, 0.15) is 5.82 Å². The average molecular weight is 339 g/mol. The van der Waals surface area contributed by atoms with Crippen LogP contribution in [0.15, 0.2) is 36.4 Å². The van der Waals surface area contributed by atoms with E-state index in [9.17, 15) is 10.1 Å². The topological polar surface area (TPSA) is 84.2 Å². The summed E-state index contributed by atoms with van der Waals surface area (Å²) in [6.07, 6.45) is 2.47. The second-order valence-electron chi connectivity index (χ2n) is 6.90. The number of nitro benzene ring substituents is 1. The fourth-order valence-electron chi connectivity index (χ4n) is 4.06. The van der Waals surface area contributed by atoms with Gasteiger partial charge in [-0.3, -0.25) is 15.0 Å². The van der Waals surface area contributed by atoms with Crippen molar-refractivity contribution in [3.63, 3.8) is 0 Å². The molecule has 2 unspecified atom stereocenters. The Balaban J connectivity index is 1.51. The molecule has 2 bridgehead atoms. The maximum Gasteiger partial charge on any atom is 0.270 e. The van der Waals surface area contributed by atoms with E-state index < -0.39 is 4.92 Å². The van der Waals surface area contributed by atoms with Crippen molar-refractivity contribution in [2.24, 2.45) is 5.92 Å². The van der Waals surface area contributed by atoms with Crippen LogP contribution in [0, 0.1) is 16.0 Å². The minimum atomic E-state index is -0.401. The summed E-state index contributed by atoms with van der Waals surface area (Å²) in [6.45, 7) is 4.66. The van der Waals surface area contributed by atoms with Crippen LogP contribution in [0.2, 0.25) is 0 Å². The highest BCUT2D eigenvalue weighted by Crippen LogP contribution is 2.33. The van der Waals surface area contributed by atoms with Crippen molar-refractivity contribution < 1.29 is 4.92 Å². The van der Waals surface area contributed by atoms with E-state index in [2.05, 4.69) is 27.3 Å². The van der Waals surface area contributed by atoms with Crippen LogP contribution in [-0.4, -0.2) is 45.2 Å². The van der Waals surface area contributed by atoms with E-state index in [1.54, 1.807) is 12.1 Å². The lowest BCUT2D eigenvalue weighted by atomic mass is 9.79. The third-order valence-corrected chi connectivity index (χ3v) is 5.51. The first-order valence-corrected chi connectivity index (χ1v) is 8.71. The second-order valence-corrected chi connectivity index (χ2v) is 6.90. The molecule has 0 spiro atoms. The van der Waals surface area contributed by atoms with Gasteiger partial charge in [-0.25, -0.2) is 0 Å². The monoisotopic (exact) mass is 339 g/mol. The molecule has 4 heterocycles. The van der Waals surface area contributed by atoms with Crippen LogP contribution in [0.5, 0.6) is 0 Å². The number of nitro groups is 1. The first-order valence-electron chi connectivity index (χ1n) is 8.71. The van der Waals surface area contributed by atoms with Gasteiger partial charge in [0, 0.05) is 29.8 Å². The standard InChI is InChI=1S/C18H21N5O2/c1-12-18(13-7-9-22(12)10-8-13)19-17-6-5-16(20-21-17)14-3-2-4-15(11-14)23(24)25/h2-6,11-13,18H,7-10H2,1H3,(H,19,21). The van der Waals surface area contributed by atoms with Crippen molar-refractivity contribution in [1.29, 1.82) is 0 Å². The molecule has 0 aliphatic carbocycles. The molecule has 2 atom stereocenters. The van der Waals surface area contributed by atoms with E-state index >= 15 is 0 Å². The van der Waals surface area contributed by atoms with Crippen molar-refractivity contribution in [1.82, 2.24) is 15.1 Å². The van der Waals surface area contributed by atoms with Gasteiger partial charge in [-0.1, -0.05) is 12.1 Å². The Morgan fingerprint density at radius 3 is 2.64 bits per heavy atom. The van der Waals surface area contributed by atoms with Crippen LogP contribution in [0.25, 0.3) is 11.3 Å². The second kappa shape index (κ2) is 6.40. The van der Waals surface area contributed by atoms with E-state index in [0.29, 0.717) is 29.3 Å². The third-order valence-electron chi connectivity index (χ3n) is 5.51. The van der Waals surface area contributed by atoms with Crippen LogP contribution in [0.3, 0.4) is 0 Å². The molecule has 25 heavy (non-hydrogen) atoms. The van der Waals surface area contributed by atoms with Gasteiger partial charge in [0.2, 0.25) is 0 Å². The van der Waals surface area contributed by atoms with Crippen LogP contribution < -0.4 is 5.32 Å². The summed E-state index contributed by atoms with van der Waals surface area (Å²) in [5, 5.41) is 23.0. The van der Waals surface area contributed by atoms with Gasteiger partial charge in [-0.05, 0) is 50.9 Å². The third kappa shape index (κ3) is 3.07. The minimum absolute atomic E-state index is 0.0580. The number of aromatic nitrogens is 2. The van der Waals surface area contributed by atoms with Gasteiger partial charge in [0.05, 0.1) is 10.6 Å². The van der Waals surface area contributed by atoms with Crippen LogP contribution in [-0.2, 0) is 0 Å². The number of benzene rings is 1. The minimum Gasteiger partial charge on any atom is -0.364 e. The van der Waals surface area contributed by atoms with Crippen molar-refractivity contribution >= 4 is 11.5 Å². The maximum atomic E-state index is 10.9. The fourth-order valence-corrected chi connectivity index (χ4v) is 4.06. The summed E-state index contributed by atoms with van der Waals surface area (Å²) >= 11 is 0. The molecular weight excluding hydrogens is 318 g/mol. The predicted octanol–water partition coefficient (Wildman–Crippen LogP) is 2.95. The Morgan fingerprint density at radius 1 is 1.20 bits per heavy atom. The molecule has 7 heteroatoms. The lowest BCUT2D eigenvalue weighted by Gasteiger charge is -2.50. The Bertz CT molecular complexity index is 769. The number of rotatable bonds is 4. The quantitative estimate of drug-likeness (QED) is 0.681. The molecule has 0 amide bonds. The van der Waals surface area contributed by atoms with E-state index in [-0.39, 0.29) is 5.69 Å². The Kier molecular flexibility index (Phi) is 4.09. The smallest absolute Gasteiger partial charge is 0.270 e. The van der Waals surface area contributed by atoms with Crippen LogP contribution in [0.4, 0.5) is 11.5 Å². The zero-order valence-electron chi connectivity index (χ0n) is 14.1. The molecule has 3 aliphatic rings. The highest BCUT2D eigenvalue weighted by molar-refractivity contribution is 5.62. The Hall–Kier alpha value is -2.54. The highest BCUT2D eigenvalue weighted by atomic mass is 16.6. The molecule has 3 aliphatic heterocycles. The van der Waals surface area contributed by atoms with E-state index in [1.165, 1.54) is 38.1 Å². The summed E-state index contributed by atoms with van der Waals surface area (Å²) in [5.41, 5.74) is 1.39. The number of hydrogen-bond acceptors (Lipinski definition) is 6. The molecule has 1 N–H and O–H groups in total. The highest BCUT2D eigenvalue weighted by Gasteiger charge is 2.39. The van der Waals surface area contributed by atoms with E-state index in [1.807, 2.05) is 12.1 Å². The first kappa shape index (κ1) is 16.0. The molecule has 130 valence electrons. The van der Waals surface area contributed by atoms with Crippen molar-refractivity contribution in [3.05, 3.63) is 46.5 Å². The number of anilines is 1. The number of hydrogen-bond donors (Lipinski definition) is 1. The molecule has 3 fully saturated rings. The Morgan fingerprint density at radius 2 is 2.00 bits per heavy atom. The van der Waals surface area contributed by atoms with Crippen LogP contribution in [0.1, 0.15) is 19.8 Å². The molecule has 1 aromatic carbocycles. The van der Waals surface area contributed by atoms with Gasteiger partial charge in [-0.2, -0.15) is 0 Å². The summed E-state index contributed by atoms with van der Waals surface area (Å²) in [7, 11) is 0. The van der Waals surface area contributed by atoms with Gasteiger partial charge >= 0.3 is 0 Å². The zero-order chi connectivity index (χ0) is 17.4. The van der Waals surface area contributed by atoms with Crippen molar-refractivity contribution in [2.45, 2.75) is 31.8 Å². The molecule has 1 aromatic heterocycles. The van der Waals surface area contributed by atoms with Gasteiger partial charge in [0.15, 0.2) is 0 Å². The van der Waals surface area contributed by atoms with Gasteiger partial charge < -0.3 is 5.32 Å². The molecule has 0 saturated carbocycles. The normalized spacial score (nSPS) is 27.9. The molecule has 2 aromatic rings. The Labute approximate surface area is 146 Å². The van der Waals surface area contributed by atoms with Crippen LogP contribution >= 0.6 is 0 Å². The SMILES string of the molecule is CC1C(Nc2ccc(-c3cccc([N+](=O)[O-])c3)nn2)C2CCN1CC2. The molecule has 5 rings (SSSR count). The number of fused-ring (bicyclic) bond motifs is 3. The summed E-state index contributed by atoms with van der Waals surface area (Å²) in [5.74, 6) is 1.46. The largest absolute Gasteiger partial charge is 0.364 e. The molecule has 3 saturated heterocycles. The zero-order valence-corrected chi connectivity index (χ0v) is 14.1. The molecule has 0 radical (unpaired) electrons. The van der Waals surface area contributed by atoms with E-state index in [4.69, 9.17) is 0 Å². The lowest BCUT2D eigenvalue weighted by Crippen LogP contribution is -2.59. The lowest BCUT2D eigenvalue weighted by molar-refractivity contribution is -0.384. The maximum absolute atomic E-state index is 10.9. The molecule has 7 nitrogen and oxygen atoms in total. The number of non-ortho nitro benzene ring substituents is 1. The fraction of sp³-hybridized carbons (Fsp3) is 0.444. The summed E-state index contributed by atoms with van der Waals surface area (Å²) in [6, 6.07) is 11.1. The first-order chi connectivity index (χ1) is 12.1. The summed E-state index contributed by atoms with van der Waals surface area (Å²) in [4.78, 5) is 13.0. The van der Waals surface area contributed by atoms with Crippen molar-refractivity contribution in [2.75, 3.05) is 18.4 Å². The van der Waals surface area contributed by atoms with E-state index in [0.717, 1.165) is 5.82 Å². The van der Waals surface area contributed by atoms with Crippen molar-refractivity contribution in [3.8, 4) is 11.3 Å². The predicted molar refractivity (Wildman–Crippen MR) is 95.3 cm³/mol. The molecular formula is C18H21N5O2. The average Bonchev–Trinajstić information content (AvgIpc) is 2.66. The number of piperidine rings is 3. The number of nitrogens with one attached hydrogen (secondary N) is 1. The summed E-state index contributed by atoms with van der Waals surface area (Å²) < 4.78 is 0. The van der Waals surface area contributed by atoms with Gasteiger partial charge in [-0.15, -0.1) is 10.2 Å².